The van der Waals surface area contributed by atoms with E-state index in [9.17, 15) is 13.2 Å². The lowest BCUT2D eigenvalue weighted by atomic mass is 10.0. The summed E-state index contributed by atoms with van der Waals surface area (Å²) in [5.41, 5.74) is 3.13. The topological polar surface area (TPSA) is 105 Å². The van der Waals surface area contributed by atoms with Gasteiger partial charge in [0, 0.05) is 12.0 Å². The minimum absolute atomic E-state index is 0.0295. The Morgan fingerprint density at radius 1 is 1.17 bits per heavy atom. The number of sulfonamides is 1. The van der Waals surface area contributed by atoms with Gasteiger partial charge in [0.05, 0.1) is 4.90 Å². The molecule has 0 saturated carbocycles. The Morgan fingerprint density at radius 2 is 1.88 bits per heavy atom. The van der Waals surface area contributed by atoms with Crippen LogP contribution >= 0.6 is 0 Å². The van der Waals surface area contributed by atoms with Crippen LogP contribution in [-0.4, -0.2) is 25.6 Å². The number of benzene rings is 2. The SMILES string of the molecule is CC(NS(=O)(=O)c1ccc2c(c1)Cc1ccccc1O2)C(=O)NO. The maximum atomic E-state index is 12.4. The van der Waals surface area contributed by atoms with Crippen LogP contribution in [0.15, 0.2) is 47.4 Å². The molecule has 24 heavy (non-hydrogen) atoms. The zero-order chi connectivity index (χ0) is 17.3. The molecule has 2 aromatic rings. The number of fused-ring (bicyclic) bond motifs is 2. The molecule has 3 N–H and O–H groups in total. The number of para-hydroxylation sites is 1. The van der Waals surface area contributed by atoms with Crippen LogP contribution in [0.5, 0.6) is 11.5 Å². The van der Waals surface area contributed by atoms with E-state index in [1.54, 1.807) is 6.07 Å². The minimum Gasteiger partial charge on any atom is -0.457 e. The molecule has 0 spiro atoms. The lowest BCUT2D eigenvalue weighted by Gasteiger charge is -2.21. The van der Waals surface area contributed by atoms with E-state index in [4.69, 9.17) is 9.94 Å². The van der Waals surface area contributed by atoms with Gasteiger partial charge in [-0.05, 0) is 36.8 Å². The van der Waals surface area contributed by atoms with Gasteiger partial charge in [0.15, 0.2) is 0 Å². The van der Waals surface area contributed by atoms with Gasteiger partial charge in [-0.2, -0.15) is 4.72 Å². The number of carbonyl (C=O) groups is 1. The summed E-state index contributed by atoms with van der Waals surface area (Å²) in [6, 6.07) is 11.0. The summed E-state index contributed by atoms with van der Waals surface area (Å²) in [7, 11) is -3.90. The van der Waals surface area contributed by atoms with E-state index in [1.807, 2.05) is 24.3 Å². The molecule has 7 nitrogen and oxygen atoms in total. The van der Waals surface area contributed by atoms with E-state index in [0.717, 1.165) is 16.9 Å². The molecule has 1 atom stereocenters. The van der Waals surface area contributed by atoms with Crippen molar-refractivity contribution < 1.29 is 23.2 Å². The third-order valence-electron chi connectivity index (χ3n) is 3.75. The molecule has 0 bridgehead atoms. The van der Waals surface area contributed by atoms with Gasteiger partial charge in [0.25, 0.3) is 5.91 Å². The van der Waals surface area contributed by atoms with Crippen LogP contribution in [-0.2, 0) is 21.2 Å². The Kier molecular flexibility index (Phi) is 4.27. The first-order valence-electron chi connectivity index (χ1n) is 7.25. The highest BCUT2D eigenvalue weighted by Crippen LogP contribution is 2.37. The zero-order valence-corrected chi connectivity index (χ0v) is 13.6. The predicted molar refractivity (Wildman–Crippen MR) is 85.5 cm³/mol. The van der Waals surface area contributed by atoms with Gasteiger partial charge in [-0.3, -0.25) is 10.0 Å². The van der Waals surface area contributed by atoms with Crippen LogP contribution in [0.25, 0.3) is 0 Å². The van der Waals surface area contributed by atoms with Gasteiger partial charge >= 0.3 is 0 Å². The van der Waals surface area contributed by atoms with Crippen LogP contribution in [0.4, 0.5) is 0 Å². The lowest BCUT2D eigenvalue weighted by molar-refractivity contribution is -0.130. The number of nitrogens with one attached hydrogen (secondary N) is 2. The Hall–Kier alpha value is -2.42. The number of hydroxylamine groups is 1. The second kappa shape index (κ2) is 6.23. The van der Waals surface area contributed by atoms with Crippen LogP contribution in [0.3, 0.4) is 0 Å². The summed E-state index contributed by atoms with van der Waals surface area (Å²) in [4.78, 5) is 11.3. The third-order valence-corrected chi connectivity index (χ3v) is 5.29. The highest BCUT2D eigenvalue weighted by molar-refractivity contribution is 7.89. The largest absolute Gasteiger partial charge is 0.457 e. The average molecular weight is 348 g/mol. The van der Waals surface area contributed by atoms with E-state index in [-0.39, 0.29) is 4.90 Å². The molecule has 3 rings (SSSR count). The number of amides is 1. The van der Waals surface area contributed by atoms with Crippen molar-refractivity contribution in [3.8, 4) is 11.5 Å². The van der Waals surface area contributed by atoms with E-state index < -0.39 is 22.0 Å². The van der Waals surface area contributed by atoms with E-state index in [0.29, 0.717) is 12.2 Å². The van der Waals surface area contributed by atoms with Crippen molar-refractivity contribution in [2.75, 3.05) is 0 Å². The Morgan fingerprint density at radius 3 is 2.62 bits per heavy atom. The molecule has 0 aliphatic carbocycles. The molecule has 126 valence electrons. The van der Waals surface area contributed by atoms with E-state index >= 15 is 0 Å². The number of carbonyl (C=O) groups excluding carboxylic acids is 1. The highest BCUT2D eigenvalue weighted by atomic mass is 32.2. The minimum atomic E-state index is -3.90. The summed E-state index contributed by atoms with van der Waals surface area (Å²) < 4.78 is 32.7. The standard InChI is InChI=1S/C16H16N2O5S/c1-10(16(19)17-20)18-24(21,22)13-6-7-15-12(9-13)8-11-4-2-3-5-14(11)23-15/h2-7,9-10,18,20H,8H2,1H3,(H,17,19). The van der Waals surface area contributed by atoms with E-state index in [2.05, 4.69) is 4.72 Å². The van der Waals surface area contributed by atoms with Crippen LogP contribution < -0.4 is 14.9 Å². The van der Waals surface area contributed by atoms with Gasteiger partial charge in [-0.15, -0.1) is 0 Å². The summed E-state index contributed by atoms with van der Waals surface area (Å²) in [5.74, 6) is 0.523. The average Bonchev–Trinajstić information content (AvgIpc) is 2.58. The van der Waals surface area contributed by atoms with Gasteiger partial charge in [-0.1, -0.05) is 18.2 Å². The van der Waals surface area contributed by atoms with Gasteiger partial charge in [-0.25, -0.2) is 13.9 Å². The number of ether oxygens (including phenoxy) is 1. The predicted octanol–water partition coefficient (Wildman–Crippen LogP) is 1.56. The van der Waals surface area contributed by atoms with Crippen molar-refractivity contribution in [3.63, 3.8) is 0 Å². The third kappa shape index (κ3) is 3.12. The van der Waals surface area contributed by atoms with Gasteiger partial charge in [0.1, 0.15) is 17.5 Å². The van der Waals surface area contributed by atoms with Gasteiger partial charge in [0.2, 0.25) is 10.0 Å². The highest BCUT2D eigenvalue weighted by Gasteiger charge is 2.24. The molecule has 1 aliphatic rings. The maximum absolute atomic E-state index is 12.4. The summed E-state index contributed by atoms with van der Waals surface area (Å²) in [6.45, 7) is 1.33. The molecule has 0 radical (unpaired) electrons. The number of rotatable bonds is 4. The fourth-order valence-corrected chi connectivity index (χ4v) is 3.74. The zero-order valence-electron chi connectivity index (χ0n) is 12.8. The molecule has 1 amide bonds. The van der Waals surface area contributed by atoms with Gasteiger partial charge < -0.3 is 4.74 Å². The fourth-order valence-electron chi connectivity index (χ4n) is 2.48. The molecule has 1 aliphatic heterocycles. The van der Waals surface area contributed by atoms with Crippen LogP contribution in [0, 0.1) is 0 Å². The number of hydrogen-bond acceptors (Lipinski definition) is 5. The molecular weight excluding hydrogens is 332 g/mol. The van der Waals surface area contributed by atoms with Crippen molar-refractivity contribution in [2.45, 2.75) is 24.3 Å². The van der Waals surface area contributed by atoms with E-state index in [1.165, 1.54) is 24.5 Å². The quantitative estimate of drug-likeness (QED) is 0.490. The second-order valence-corrected chi connectivity index (χ2v) is 7.19. The molecule has 2 aromatic carbocycles. The monoisotopic (exact) mass is 348 g/mol. The first-order chi connectivity index (χ1) is 11.4. The van der Waals surface area contributed by atoms with Crippen molar-refractivity contribution >= 4 is 15.9 Å². The number of hydrogen-bond donors (Lipinski definition) is 3. The van der Waals surface area contributed by atoms with Crippen LogP contribution in [0.2, 0.25) is 0 Å². The smallest absolute Gasteiger partial charge is 0.261 e. The second-order valence-electron chi connectivity index (χ2n) is 5.48. The first kappa shape index (κ1) is 16.4. The Balaban J connectivity index is 1.88. The molecule has 0 fully saturated rings. The fraction of sp³-hybridized carbons (Fsp3) is 0.188. The lowest BCUT2D eigenvalue weighted by Crippen LogP contribution is -2.43. The summed E-state index contributed by atoms with van der Waals surface area (Å²) in [5, 5.41) is 8.57. The molecule has 1 unspecified atom stereocenters. The Bertz CT molecular complexity index is 895. The maximum Gasteiger partial charge on any atom is 0.261 e. The molecule has 0 saturated heterocycles. The summed E-state index contributed by atoms with van der Waals surface area (Å²) >= 11 is 0. The molecule has 8 heteroatoms. The Labute approximate surface area is 139 Å². The normalized spacial score (nSPS) is 14.1. The summed E-state index contributed by atoms with van der Waals surface area (Å²) in [6.07, 6.45) is 0.557. The molecule has 1 heterocycles. The molecule has 0 aromatic heterocycles. The van der Waals surface area contributed by atoms with Crippen molar-refractivity contribution in [1.29, 1.82) is 0 Å². The van der Waals surface area contributed by atoms with Crippen LogP contribution in [0.1, 0.15) is 18.1 Å². The van der Waals surface area contributed by atoms with Crippen molar-refractivity contribution in [3.05, 3.63) is 53.6 Å². The van der Waals surface area contributed by atoms with Crippen molar-refractivity contribution in [1.82, 2.24) is 10.2 Å². The first-order valence-corrected chi connectivity index (χ1v) is 8.74. The van der Waals surface area contributed by atoms with Crippen molar-refractivity contribution in [2.24, 2.45) is 0 Å². The molecular formula is C16H16N2O5S.